The van der Waals surface area contributed by atoms with Crippen LogP contribution in [0.15, 0.2) is 24.3 Å². The summed E-state index contributed by atoms with van der Waals surface area (Å²) in [6.07, 6.45) is 0.0384. The number of thiophene rings is 1. The monoisotopic (exact) mass is 532 g/mol. The van der Waals surface area contributed by atoms with Crippen LogP contribution >= 0.6 is 11.3 Å². The Morgan fingerprint density at radius 2 is 1.59 bits per heavy atom. The van der Waals surface area contributed by atoms with Crippen molar-refractivity contribution in [3.05, 3.63) is 50.7 Å². The van der Waals surface area contributed by atoms with Crippen molar-refractivity contribution in [3.63, 3.8) is 0 Å². The highest BCUT2D eigenvalue weighted by Gasteiger charge is 2.35. The van der Waals surface area contributed by atoms with Crippen LogP contribution in [0, 0.1) is 25.2 Å². The van der Waals surface area contributed by atoms with Gasteiger partial charge in [0.15, 0.2) is 5.78 Å². The summed E-state index contributed by atoms with van der Waals surface area (Å²) in [5.74, 6) is -3.42. The number of hydrogen-bond donors (Lipinski definition) is 3. The zero-order valence-electron chi connectivity index (χ0n) is 22.9. The molecule has 0 saturated heterocycles. The maximum atomic E-state index is 13.0. The van der Waals surface area contributed by atoms with E-state index in [0.29, 0.717) is 10.6 Å². The summed E-state index contributed by atoms with van der Waals surface area (Å²) in [6.45, 7) is 14.1. The third-order valence-electron chi connectivity index (χ3n) is 7.18. The van der Waals surface area contributed by atoms with E-state index >= 15 is 0 Å². The quantitative estimate of drug-likeness (QED) is 0.270. The normalized spacial score (nSPS) is 13.7. The number of aliphatic hydroxyl groups excluding tert-OH is 1. The van der Waals surface area contributed by atoms with E-state index in [2.05, 4.69) is 19.9 Å². The molecule has 7 nitrogen and oxygen atoms in total. The van der Waals surface area contributed by atoms with Crippen molar-refractivity contribution in [2.24, 2.45) is 11.3 Å². The first-order chi connectivity index (χ1) is 17.2. The van der Waals surface area contributed by atoms with Crippen molar-refractivity contribution >= 4 is 29.1 Å². The van der Waals surface area contributed by atoms with E-state index in [-0.39, 0.29) is 29.6 Å². The van der Waals surface area contributed by atoms with Gasteiger partial charge in [0.2, 0.25) is 0 Å². The van der Waals surface area contributed by atoms with Gasteiger partial charge >= 0.3 is 11.9 Å². The molecule has 0 spiro atoms. The first kappa shape index (κ1) is 30.5. The number of ether oxygens (including phenoxy) is 1. The first-order valence-corrected chi connectivity index (χ1v) is 13.5. The number of Topliss-reactive ketones (excluding diaryl/α,β-unsaturated/α-hetero) is 1. The Morgan fingerprint density at radius 1 is 0.973 bits per heavy atom. The van der Waals surface area contributed by atoms with Gasteiger partial charge in [0.05, 0.1) is 23.3 Å². The number of carbonyl (C=O) groups is 3. The highest BCUT2D eigenvalue weighted by atomic mass is 32.1. The van der Waals surface area contributed by atoms with Crippen molar-refractivity contribution < 1.29 is 34.4 Å². The van der Waals surface area contributed by atoms with Gasteiger partial charge in [0.25, 0.3) is 0 Å². The van der Waals surface area contributed by atoms with Gasteiger partial charge in [-0.25, -0.2) is 0 Å². The Balaban J connectivity index is 2.37. The lowest BCUT2D eigenvalue weighted by atomic mass is 9.74. The molecular weight excluding hydrogens is 492 g/mol. The predicted molar refractivity (Wildman–Crippen MR) is 145 cm³/mol. The molecule has 2 aromatic rings. The number of benzene rings is 1. The summed E-state index contributed by atoms with van der Waals surface area (Å²) in [4.78, 5) is 37.0. The third-order valence-corrected chi connectivity index (χ3v) is 8.66. The molecule has 0 aliphatic carbocycles. The average molecular weight is 533 g/mol. The molecule has 0 saturated carbocycles. The van der Waals surface area contributed by atoms with E-state index in [4.69, 9.17) is 9.84 Å². The summed E-state index contributed by atoms with van der Waals surface area (Å²) in [7, 11) is 0. The van der Waals surface area contributed by atoms with Crippen LogP contribution in [0.5, 0.6) is 5.75 Å². The fourth-order valence-corrected chi connectivity index (χ4v) is 5.92. The van der Waals surface area contributed by atoms with Crippen molar-refractivity contribution in [2.45, 2.75) is 85.7 Å². The van der Waals surface area contributed by atoms with Gasteiger partial charge in [-0.3, -0.25) is 14.4 Å². The predicted octanol–water partition coefficient (Wildman–Crippen LogP) is 6.01. The molecule has 1 unspecified atom stereocenters. The number of ketones is 1. The second kappa shape index (κ2) is 12.2. The second-order valence-corrected chi connectivity index (χ2v) is 11.9. The Morgan fingerprint density at radius 3 is 2.08 bits per heavy atom. The molecule has 2 rings (SSSR count). The Bertz CT molecular complexity index is 1120. The van der Waals surface area contributed by atoms with E-state index < -0.39 is 30.4 Å². The summed E-state index contributed by atoms with van der Waals surface area (Å²) >= 11 is 1.36. The molecule has 0 bridgehead atoms. The number of rotatable bonds is 13. The molecule has 1 aromatic carbocycles. The Labute approximate surface area is 223 Å². The van der Waals surface area contributed by atoms with Gasteiger partial charge < -0.3 is 20.1 Å². The molecule has 1 heterocycles. The number of aryl methyl sites for hydroxylation is 2. The minimum absolute atomic E-state index is 0.200. The van der Waals surface area contributed by atoms with Crippen LogP contribution in [0.2, 0.25) is 0 Å². The Hall–Kier alpha value is -2.71. The van der Waals surface area contributed by atoms with Crippen LogP contribution in [-0.4, -0.2) is 45.8 Å². The molecule has 0 aliphatic rings. The number of carboxylic acids is 2. The summed E-state index contributed by atoms with van der Waals surface area (Å²) in [5, 5.41) is 28.7. The minimum atomic E-state index is -1.28. The lowest BCUT2D eigenvalue weighted by Gasteiger charge is -2.32. The highest BCUT2D eigenvalue weighted by Crippen LogP contribution is 2.44. The van der Waals surface area contributed by atoms with Gasteiger partial charge in [-0.2, -0.15) is 0 Å². The smallest absolute Gasteiger partial charge is 0.307 e. The molecular formula is C29H40O7S. The maximum absolute atomic E-state index is 13.0. The number of carbonyl (C=O) groups excluding carboxylic acids is 1. The van der Waals surface area contributed by atoms with Crippen LogP contribution in [0.25, 0.3) is 0 Å². The van der Waals surface area contributed by atoms with E-state index in [1.54, 1.807) is 0 Å². The topological polar surface area (TPSA) is 121 Å². The molecule has 8 heteroatoms. The van der Waals surface area contributed by atoms with Crippen molar-refractivity contribution in [1.29, 1.82) is 0 Å². The molecule has 0 aliphatic heterocycles. The van der Waals surface area contributed by atoms with Crippen LogP contribution in [0.4, 0.5) is 0 Å². The lowest BCUT2D eigenvalue weighted by Crippen LogP contribution is -2.32. The SMILES string of the molecule is CCC(CC)(c1ccc(OCC(O)C(C)(C)C)c(C)c1)c1cc(C)c(C(=O)C[C@@H](CC(=O)O)C(=O)O)s1. The van der Waals surface area contributed by atoms with Crippen LogP contribution in [0.1, 0.15) is 91.5 Å². The maximum Gasteiger partial charge on any atom is 0.307 e. The summed E-state index contributed by atoms with van der Waals surface area (Å²) < 4.78 is 5.92. The third kappa shape index (κ3) is 7.20. The Kier molecular flexibility index (Phi) is 10.1. The van der Waals surface area contributed by atoms with Gasteiger partial charge in [-0.1, -0.05) is 46.8 Å². The van der Waals surface area contributed by atoms with Crippen molar-refractivity contribution in [1.82, 2.24) is 0 Å². The fraction of sp³-hybridized carbons (Fsp3) is 0.552. The molecule has 2 atom stereocenters. The molecule has 1 aromatic heterocycles. The molecule has 204 valence electrons. The van der Waals surface area contributed by atoms with Gasteiger partial charge in [0, 0.05) is 16.7 Å². The largest absolute Gasteiger partial charge is 0.491 e. The zero-order chi connectivity index (χ0) is 28.1. The first-order valence-electron chi connectivity index (χ1n) is 12.7. The van der Waals surface area contributed by atoms with Crippen molar-refractivity contribution in [2.75, 3.05) is 6.61 Å². The molecule has 37 heavy (non-hydrogen) atoms. The van der Waals surface area contributed by atoms with Crippen LogP contribution in [0.3, 0.4) is 0 Å². The number of carboxylic acid groups (broad SMARTS) is 2. The molecule has 0 fully saturated rings. The summed E-state index contributed by atoms with van der Waals surface area (Å²) in [6, 6.07) is 8.05. The van der Waals surface area contributed by atoms with Gasteiger partial charge in [0.1, 0.15) is 12.4 Å². The van der Waals surface area contributed by atoms with Crippen LogP contribution < -0.4 is 4.74 Å². The second-order valence-electron chi connectivity index (χ2n) is 10.8. The molecule has 3 N–H and O–H groups in total. The van der Waals surface area contributed by atoms with Crippen LogP contribution in [-0.2, 0) is 15.0 Å². The minimum Gasteiger partial charge on any atom is -0.491 e. The number of hydrogen-bond acceptors (Lipinski definition) is 6. The van der Waals surface area contributed by atoms with Gasteiger partial charge in [-0.05, 0) is 60.9 Å². The molecule has 0 radical (unpaired) electrons. The highest BCUT2D eigenvalue weighted by molar-refractivity contribution is 7.14. The lowest BCUT2D eigenvalue weighted by molar-refractivity contribution is -0.148. The van der Waals surface area contributed by atoms with E-state index in [1.807, 2.05) is 52.8 Å². The molecule has 0 amide bonds. The summed E-state index contributed by atoms with van der Waals surface area (Å²) in [5.41, 5.74) is 2.18. The van der Waals surface area contributed by atoms with Gasteiger partial charge in [-0.15, -0.1) is 11.3 Å². The zero-order valence-corrected chi connectivity index (χ0v) is 23.7. The standard InChI is InChI=1S/C29H40O7S/c1-8-29(9-2,20-10-11-22(17(3)12-20)36-16-23(31)28(5,6)7)24-13-18(4)26(37-24)21(30)14-19(27(34)35)15-25(32)33/h10-13,19,23,31H,8-9,14-16H2,1-7H3,(H,32,33)(H,34,35)/t19-,23?/m0/s1. The average Bonchev–Trinajstić information content (AvgIpc) is 3.20. The number of aliphatic carboxylic acids is 2. The van der Waals surface area contributed by atoms with E-state index in [1.165, 1.54) is 11.3 Å². The van der Waals surface area contributed by atoms with E-state index in [9.17, 15) is 24.6 Å². The fourth-order valence-electron chi connectivity index (χ4n) is 4.45. The van der Waals surface area contributed by atoms with E-state index in [0.717, 1.165) is 34.4 Å². The van der Waals surface area contributed by atoms with Crippen molar-refractivity contribution in [3.8, 4) is 5.75 Å². The number of aliphatic hydroxyl groups is 1.